The molecule has 0 aromatic heterocycles. The summed E-state index contributed by atoms with van der Waals surface area (Å²) in [5.74, 6) is 0.0840. The summed E-state index contributed by atoms with van der Waals surface area (Å²) in [7, 11) is 1.84. The van der Waals surface area contributed by atoms with E-state index in [1.165, 1.54) is 0 Å². The standard InChI is InChI=1S/C13H19ClN2O.ClH/c1-10(9-15-2)13(17)16-7-6-11-4-3-5-12(14)8-11;/h3-5,8,10,15H,6-7,9H2,1-2H3,(H,16,17);1H. The fourth-order valence-electron chi connectivity index (χ4n) is 1.60. The molecule has 0 spiro atoms. The lowest BCUT2D eigenvalue weighted by Crippen LogP contribution is -2.35. The third-order valence-electron chi connectivity index (χ3n) is 2.56. The van der Waals surface area contributed by atoms with Crippen LogP contribution in [-0.2, 0) is 11.2 Å². The highest BCUT2D eigenvalue weighted by atomic mass is 35.5. The minimum absolute atomic E-state index is 0. The predicted molar refractivity (Wildman–Crippen MR) is 78.5 cm³/mol. The number of nitrogens with one attached hydrogen (secondary N) is 2. The van der Waals surface area contributed by atoms with E-state index in [1.54, 1.807) is 0 Å². The molecule has 0 saturated heterocycles. The average molecular weight is 291 g/mol. The predicted octanol–water partition coefficient (Wildman–Crippen LogP) is 2.28. The highest BCUT2D eigenvalue weighted by molar-refractivity contribution is 6.30. The Morgan fingerprint density at radius 2 is 2.17 bits per heavy atom. The Morgan fingerprint density at radius 3 is 2.78 bits per heavy atom. The smallest absolute Gasteiger partial charge is 0.224 e. The zero-order valence-corrected chi connectivity index (χ0v) is 12.3. The topological polar surface area (TPSA) is 41.1 Å². The van der Waals surface area contributed by atoms with Crippen molar-refractivity contribution in [1.82, 2.24) is 10.6 Å². The van der Waals surface area contributed by atoms with E-state index in [2.05, 4.69) is 10.6 Å². The van der Waals surface area contributed by atoms with Gasteiger partial charge >= 0.3 is 0 Å². The van der Waals surface area contributed by atoms with Crippen LogP contribution in [0.5, 0.6) is 0 Å². The van der Waals surface area contributed by atoms with Gasteiger partial charge in [0.2, 0.25) is 5.91 Å². The summed E-state index contributed by atoms with van der Waals surface area (Å²) in [5, 5.41) is 6.63. The van der Waals surface area contributed by atoms with Crippen LogP contribution >= 0.6 is 24.0 Å². The summed E-state index contributed by atoms with van der Waals surface area (Å²) >= 11 is 5.88. The average Bonchev–Trinajstić information content (AvgIpc) is 2.29. The molecule has 0 aliphatic rings. The maximum Gasteiger partial charge on any atom is 0.224 e. The molecule has 1 unspecified atom stereocenters. The first-order valence-corrected chi connectivity index (χ1v) is 6.18. The zero-order valence-electron chi connectivity index (χ0n) is 10.7. The van der Waals surface area contributed by atoms with Crippen LogP contribution in [0.15, 0.2) is 24.3 Å². The first kappa shape index (κ1) is 17.2. The summed E-state index contributed by atoms with van der Waals surface area (Å²) in [6.45, 7) is 3.25. The molecule has 1 rings (SSSR count). The molecule has 1 amide bonds. The van der Waals surface area contributed by atoms with E-state index >= 15 is 0 Å². The van der Waals surface area contributed by atoms with Crippen molar-refractivity contribution >= 4 is 29.9 Å². The molecule has 18 heavy (non-hydrogen) atoms. The van der Waals surface area contributed by atoms with Crippen molar-refractivity contribution in [1.29, 1.82) is 0 Å². The summed E-state index contributed by atoms with van der Waals surface area (Å²) in [5.41, 5.74) is 1.14. The molecule has 102 valence electrons. The van der Waals surface area contributed by atoms with Crippen LogP contribution in [0.4, 0.5) is 0 Å². The second kappa shape index (κ2) is 9.20. The van der Waals surface area contributed by atoms with E-state index in [0.717, 1.165) is 17.0 Å². The Labute approximate surface area is 120 Å². The molecule has 0 radical (unpaired) electrons. The van der Waals surface area contributed by atoms with Gasteiger partial charge in [-0.1, -0.05) is 30.7 Å². The minimum atomic E-state index is -0.000591. The van der Waals surface area contributed by atoms with Crippen LogP contribution in [0.2, 0.25) is 5.02 Å². The molecule has 0 saturated carbocycles. The van der Waals surface area contributed by atoms with Crippen LogP contribution in [0, 0.1) is 5.92 Å². The van der Waals surface area contributed by atoms with Gasteiger partial charge in [0.1, 0.15) is 0 Å². The number of carbonyl (C=O) groups excluding carboxylic acids is 1. The molecule has 0 aliphatic carbocycles. The van der Waals surface area contributed by atoms with Gasteiger partial charge in [-0.25, -0.2) is 0 Å². The number of halogens is 2. The van der Waals surface area contributed by atoms with Crippen molar-refractivity contribution in [3.63, 3.8) is 0 Å². The largest absolute Gasteiger partial charge is 0.355 e. The first-order chi connectivity index (χ1) is 8.13. The summed E-state index contributed by atoms with van der Waals surface area (Å²) < 4.78 is 0. The number of benzene rings is 1. The van der Waals surface area contributed by atoms with Crippen LogP contribution in [0.1, 0.15) is 12.5 Å². The number of amides is 1. The summed E-state index contributed by atoms with van der Waals surface area (Å²) in [6.07, 6.45) is 0.804. The Hall–Kier alpha value is -0.770. The van der Waals surface area contributed by atoms with E-state index < -0.39 is 0 Å². The second-order valence-corrected chi connectivity index (χ2v) is 4.57. The molecule has 0 fully saturated rings. The third kappa shape index (κ3) is 6.24. The number of hydrogen-bond donors (Lipinski definition) is 2. The van der Waals surface area contributed by atoms with Gasteiger partial charge in [0.25, 0.3) is 0 Å². The zero-order chi connectivity index (χ0) is 12.7. The molecule has 0 aliphatic heterocycles. The minimum Gasteiger partial charge on any atom is -0.355 e. The lowest BCUT2D eigenvalue weighted by atomic mass is 10.1. The van der Waals surface area contributed by atoms with Gasteiger partial charge in [-0.05, 0) is 31.2 Å². The van der Waals surface area contributed by atoms with Gasteiger partial charge < -0.3 is 10.6 Å². The van der Waals surface area contributed by atoms with Crippen molar-refractivity contribution in [2.24, 2.45) is 5.92 Å². The monoisotopic (exact) mass is 290 g/mol. The lowest BCUT2D eigenvalue weighted by molar-refractivity contribution is -0.124. The number of carbonyl (C=O) groups is 1. The molecule has 0 heterocycles. The Morgan fingerprint density at radius 1 is 1.44 bits per heavy atom. The van der Waals surface area contributed by atoms with E-state index in [4.69, 9.17) is 11.6 Å². The quantitative estimate of drug-likeness (QED) is 0.844. The lowest BCUT2D eigenvalue weighted by Gasteiger charge is -2.11. The Bertz CT molecular complexity index is 372. The molecule has 2 N–H and O–H groups in total. The molecule has 1 aromatic carbocycles. The first-order valence-electron chi connectivity index (χ1n) is 5.80. The van der Waals surface area contributed by atoms with Crippen molar-refractivity contribution in [3.05, 3.63) is 34.9 Å². The van der Waals surface area contributed by atoms with Crippen molar-refractivity contribution < 1.29 is 4.79 Å². The van der Waals surface area contributed by atoms with Crippen molar-refractivity contribution in [2.45, 2.75) is 13.3 Å². The fraction of sp³-hybridized carbons (Fsp3) is 0.462. The van der Waals surface area contributed by atoms with Gasteiger partial charge in [0.05, 0.1) is 0 Å². The highest BCUT2D eigenvalue weighted by Crippen LogP contribution is 2.10. The van der Waals surface area contributed by atoms with Crippen molar-refractivity contribution in [3.8, 4) is 0 Å². The maximum absolute atomic E-state index is 11.6. The molecule has 5 heteroatoms. The Balaban J connectivity index is 0.00000289. The van der Waals surface area contributed by atoms with E-state index in [0.29, 0.717) is 13.1 Å². The molecular weight excluding hydrogens is 271 g/mol. The second-order valence-electron chi connectivity index (χ2n) is 4.13. The van der Waals surface area contributed by atoms with Crippen LogP contribution in [0.3, 0.4) is 0 Å². The van der Waals surface area contributed by atoms with Crippen LogP contribution in [0.25, 0.3) is 0 Å². The van der Waals surface area contributed by atoms with Gasteiger partial charge in [-0.15, -0.1) is 12.4 Å². The molecule has 3 nitrogen and oxygen atoms in total. The normalized spacial score (nSPS) is 11.5. The molecule has 1 atom stereocenters. The van der Waals surface area contributed by atoms with Crippen molar-refractivity contribution in [2.75, 3.05) is 20.1 Å². The van der Waals surface area contributed by atoms with E-state index in [9.17, 15) is 4.79 Å². The van der Waals surface area contributed by atoms with Gasteiger partial charge in [0, 0.05) is 24.0 Å². The van der Waals surface area contributed by atoms with Gasteiger partial charge in [0.15, 0.2) is 0 Å². The molecule has 0 bridgehead atoms. The SMILES string of the molecule is CNCC(C)C(=O)NCCc1cccc(Cl)c1.Cl. The third-order valence-corrected chi connectivity index (χ3v) is 2.79. The van der Waals surface area contributed by atoms with E-state index in [1.807, 2.05) is 38.2 Å². The molecule has 1 aromatic rings. The number of hydrogen-bond acceptors (Lipinski definition) is 2. The van der Waals surface area contributed by atoms with E-state index in [-0.39, 0.29) is 24.2 Å². The number of rotatable bonds is 6. The van der Waals surface area contributed by atoms with Crippen LogP contribution in [-0.4, -0.2) is 26.0 Å². The molecular formula is C13H20Cl2N2O. The Kier molecular flexibility index (Phi) is 8.81. The van der Waals surface area contributed by atoms with Crippen LogP contribution < -0.4 is 10.6 Å². The summed E-state index contributed by atoms with van der Waals surface area (Å²) in [6, 6.07) is 7.70. The fourth-order valence-corrected chi connectivity index (χ4v) is 1.81. The van der Waals surface area contributed by atoms with Gasteiger partial charge in [-0.2, -0.15) is 0 Å². The summed E-state index contributed by atoms with van der Waals surface area (Å²) in [4.78, 5) is 11.6. The highest BCUT2D eigenvalue weighted by Gasteiger charge is 2.10. The maximum atomic E-state index is 11.6. The van der Waals surface area contributed by atoms with Gasteiger partial charge in [-0.3, -0.25) is 4.79 Å².